The van der Waals surface area contributed by atoms with Crippen molar-refractivity contribution in [1.29, 1.82) is 0 Å². The van der Waals surface area contributed by atoms with Crippen LogP contribution in [0.1, 0.15) is 12.2 Å². The molecule has 0 aliphatic carbocycles. The van der Waals surface area contributed by atoms with E-state index in [2.05, 4.69) is 9.55 Å². The summed E-state index contributed by atoms with van der Waals surface area (Å²) in [5.41, 5.74) is 0. The fourth-order valence-corrected chi connectivity index (χ4v) is 1.07. The van der Waals surface area contributed by atoms with E-state index in [9.17, 15) is 0 Å². The minimum atomic E-state index is 0.832. The van der Waals surface area contributed by atoms with Gasteiger partial charge in [0.15, 0.2) is 0 Å². The number of ether oxygens (including phenoxy) is 1. The predicted octanol–water partition coefficient (Wildman–Crippen LogP) is 0.418. The fraction of sp³-hybridized carbons (Fsp3) is 0.625. The number of methoxy groups -OCH3 is 1. The van der Waals surface area contributed by atoms with Gasteiger partial charge in [-0.25, -0.2) is 9.55 Å². The molecular weight excluding hydrogens is 140 g/mol. The van der Waals surface area contributed by atoms with E-state index in [1.165, 1.54) is 5.82 Å². The highest BCUT2D eigenvalue weighted by Gasteiger charge is 2.04. The van der Waals surface area contributed by atoms with E-state index in [0.717, 1.165) is 19.4 Å². The number of rotatable bonds is 4. The number of imidazole rings is 1. The molecule has 11 heavy (non-hydrogen) atoms. The topological polar surface area (TPSA) is 28.9 Å². The third-order valence-electron chi connectivity index (χ3n) is 1.74. The highest BCUT2D eigenvalue weighted by Crippen LogP contribution is 1.91. The van der Waals surface area contributed by atoms with Crippen LogP contribution in [0.5, 0.6) is 0 Å². The molecule has 0 saturated carbocycles. The van der Waals surface area contributed by atoms with Gasteiger partial charge >= 0.3 is 0 Å². The first-order valence-corrected chi connectivity index (χ1v) is 3.85. The van der Waals surface area contributed by atoms with Crippen molar-refractivity contribution in [2.75, 3.05) is 13.7 Å². The molecule has 0 atom stereocenters. The molecule has 0 amide bonds. The molecule has 1 aromatic rings. The molecule has 3 heteroatoms. The summed E-state index contributed by atoms with van der Waals surface area (Å²) >= 11 is 0. The first-order valence-electron chi connectivity index (χ1n) is 3.85. The summed E-state index contributed by atoms with van der Waals surface area (Å²) in [5.74, 6) is 1.25. The van der Waals surface area contributed by atoms with Crippen LogP contribution in [-0.2, 0) is 18.2 Å². The zero-order valence-electron chi connectivity index (χ0n) is 7.13. The molecule has 0 radical (unpaired) electrons. The SMILES string of the molecule is COCCCc1[nH]cc[n+]1C. The standard InChI is InChI=1S/C8H14N2O/c1-10-6-5-9-8(10)4-3-7-11-2/h5-6H,3-4,7H2,1-2H3/p+1. The van der Waals surface area contributed by atoms with Gasteiger partial charge in [-0.15, -0.1) is 0 Å². The van der Waals surface area contributed by atoms with Crippen molar-refractivity contribution >= 4 is 0 Å². The van der Waals surface area contributed by atoms with Crippen LogP contribution in [0.2, 0.25) is 0 Å². The van der Waals surface area contributed by atoms with Gasteiger partial charge in [-0.3, -0.25) is 0 Å². The summed E-state index contributed by atoms with van der Waals surface area (Å²) < 4.78 is 7.05. The summed E-state index contributed by atoms with van der Waals surface area (Å²) in [6, 6.07) is 0. The molecule has 0 unspecified atom stereocenters. The highest BCUT2D eigenvalue weighted by molar-refractivity contribution is 4.76. The van der Waals surface area contributed by atoms with Crippen molar-refractivity contribution < 1.29 is 9.30 Å². The van der Waals surface area contributed by atoms with Crippen molar-refractivity contribution in [3.8, 4) is 0 Å². The Morgan fingerprint density at radius 1 is 1.64 bits per heavy atom. The van der Waals surface area contributed by atoms with Gasteiger partial charge in [0.25, 0.3) is 5.82 Å². The summed E-state index contributed by atoms with van der Waals surface area (Å²) in [4.78, 5) is 3.17. The number of aryl methyl sites for hydroxylation is 2. The van der Waals surface area contributed by atoms with Gasteiger partial charge in [-0.05, 0) is 6.42 Å². The van der Waals surface area contributed by atoms with Crippen LogP contribution < -0.4 is 4.57 Å². The van der Waals surface area contributed by atoms with Gasteiger partial charge in [-0.2, -0.15) is 0 Å². The molecule has 0 spiro atoms. The molecule has 0 aliphatic heterocycles. The Hall–Kier alpha value is -0.830. The maximum atomic E-state index is 4.96. The largest absolute Gasteiger partial charge is 0.385 e. The summed E-state index contributed by atoms with van der Waals surface area (Å²) in [5, 5.41) is 0. The monoisotopic (exact) mass is 155 g/mol. The Balaban J connectivity index is 2.32. The predicted molar refractivity (Wildman–Crippen MR) is 42.2 cm³/mol. The number of hydrogen-bond donors (Lipinski definition) is 1. The van der Waals surface area contributed by atoms with Gasteiger partial charge < -0.3 is 4.74 Å². The number of H-pyrrole nitrogens is 1. The Labute approximate surface area is 67.0 Å². The van der Waals surface area contributed by atoms with Gasteiger partial charge in [0.2, 0.25) is 0 Å². The van der Waals surface area contributed by atoms with E-state index >= 15 is 0 Å². The molecule has 62 valence electrons. The van der Waals surface area contributed by atoms with Crippen LogP contribution in [0.15, 0.2) is 12.4 Å². The number of nitrogens with zero attached hydrogens (tertiary/aromatic N) is 1. The normalized spacial score (nSPS) is 10.4. The summed E-state index contributed by atoms with van der Waals surface area (Å²) in [6.45, 7) is 0.832. The van der Waals surface area contributed by atoms with Gasteiger partial charge in [0.1, 0.15) is 12.4 Å². The Bertz CT molecular complexity index is 208. The van der Waals surface area contributed by atoms with Crippen LogP contribution in [-0.4, -0.2) is 18.7 Å². The third-order valence-corrected chi connectivity index (χ3v) is 1.74. The molecule has 3 nitrogen and oxygen atoms in total. The number of hydrogen-bond acceptors (Lipinski definition) is 1. The Kier molecular flexibility index (Phi) is 3.11. The minimum absolute atomic E-state index is 0.832. The molecular formula is C8H15N2O+. The van der Waals surface area contributed by atoms with E-state index in [4.69, 9.17) is 4.74 Å². The molecule has 1 heterocycles. The average Bonchev–Trinajstić information content (AvgIpc) is 2.37. The first-order chi connectivity index (χ1) is 5.34. The lowest BCUT2D eigenvalue weighted by molar-refractivity contribution is -0.677. The van der Waals surface area contributed by atoms with Crippen molar-refractivity contribution in [2.45, 2.75) is 12.8 Å². The minimum Gasteiger partial charge on any atom is -0.385 e. The van der Waals surface area contributed by atoms with E-state index in [0.29, 0.717) is 0 Å². The van der Waals surface area contributed by atoms with Gasteiger partial charge in [0.05, 0.1) is 13.5 Å². The molecule has 0 fully saturated rings. The van der Waals surface area contributed by atoms with E-state index in [1.807, 2.05) is 19.4 Å². The summed E-state index contributed by atoms with van der Waals surface area (Å²) in [6.07, 6.45) is 6.09. The molecule has 0 saturated heterocycles. The van der Waals surface area contributed by atoms with Crippen LogP contribution in [0.3, 0.4) is 0 Å². The maximum absolute atomic E-state index is 4.96. The van der Waals surface area contributed by atoms with E-state index in [-0.39, 0.29) is 0 Å². The number of aromatic amines is 1. The molecule has 0 aliphatic rings. The zero-order valence-corrected chi connectivity index (χ0v) is 7.13. The van der Waals surface area contributed by atoms with Crippen molar-refractivity contribution in [3.63, 3.8) is 0 Å². The zero-order chi connectivity index (χ0) is 8.10. The first kappa shape index (κ1) is 8.27. The molecule has 1 aromatic heterocycles. The van der Waals surface area contributed by atoms with Crippen LogP contribution in [0.25, 0.3) is 0 Å². The van der Waals surface area contributed by atoms with Crippen LogP contribution >= 0.6 is 0 Å². The van der Waals surface area contributed by atoms with Gasteiger partial charge in [-0.1, -0.05) is 0 Å². The lowest BCUT2D eigenvalue weighted by Crippen LogP contribution is -2.30. The second kappa shape index (κ2) is 4.13. The van der Waals surface area contributed by atoms with Gasteiger partial charge in [0, 0.05) is 13.7 Å². The van der Waals surface area contributed by atoms with E-state index in [1.54, 1.807) is 7.11 Å². The van der Waals surface area contributed by atoms with Crippen molar-refractivity contribution in [3.05, 3.63) is 18.2 Å². The van der Waals surface area contributed by atoms with Crippen molar-refractivity contribution in [1.82, 2.24) is 4.98 Å². The lowest BCUT2D eigenvalue weighted by Gasteiger charge is -1.94. The van der Waals surface area contributed by atoms with Crippen LogP contribution in [0.4, 0.5) is 0 Å². The third kappa shape index (κ3) is 2.35. The number of aromatic nitrogens is 2. The fourth-order valence-electron chi connectivity index (χ4n) is 1.07. The quantitative estimate of drug-likeness (QED) is 0.495. The highest BCUT2D eigenvalue weighted by atomic mass is 16.5. The second-order valence-electron chi connectivity index (χ2n) is 2.61. The molecule has 0 bridgehead atoms. The number of nitrogens with one attached hydrogen (secondary N) is 1. The smallest absolute Gasteiger partial charge is 0.254 e. The Morgan fingerprint density at radius 3 is 3.00 bits per heavy atom. The lowest BCUT2D eigenvalue weighted by atomic mass is 10.3. The maximum Gasteiger partial charge on any atom is 0.254 e. The Morgan fingerprint density at radius 2 is 2.45 bits per heavy atom. The molecule has 1 N–H and O–H groups in total. The van der Waals surface area contributed by atoms with Crippen molar-refractivity contribution in [2.24, 2.45) is 7.05 Å². The molecule has 0 aromatic carbocycles. The summed E-state index contributed by atoms with van der Waals surface area (Å²) in [7, 11) is 3.77. The second-order valence-corrected chi connectivity index (χ2v) is 2.61. The van der Waals surface area contributed by atoms with Crippen LogP contribution in [0, 0.1) is 0 Å². The average molecular weight is 155 g/mol. The molecule has 1 rings (SSSR count). The van der Waals surface area contributed by atoms with E-state index < -0.39 is 0 Å².